The van der Waals surface area contributed by atoms with E-state index in [1.807, 2.05) is 36.0 Å². The molecule has 0 radical (unpaired) electrons. The van der Waals surface area contributed by atoms with Crippen LogP contribution in [-0.4, -0.2) is 17.4 Å². The molecule has 1 saturated heterocycles. The topological polar surface area (TPSA) is 29.1 Å². The van der Waals surface area contributed by atoms with Gasteiger partial charge in [-0.2, -0.15) is 11.8 Å². The van der Waals surface area contributed by atoms with E-state index in [4.69, 9.17) is 0 Å². The molecule has 1 aromatic rings. The number of amides is 1. The zero-order chi connectivity index (χ0) is 12.1. The van der Waals surface area contributed by atoms with Crippen LogP contribution >= 0.6 is 27.7 Å². The number of hydrogen-bond donors (Lipinski definition) is 1. The minimum Gasteiger partial charge on any atom is -0.326 e. The Hall–Kier alpha value is -0.480. The van der Waals surface area contributed by atoms with E-state index in [1.165, 1.54) is 24.3 Å². The van der Waals surface area contributed by atoms with Crippen LogP contribution < -0.4 is 5.32 Å². The third-order valence-electron chi connectivity index (χ3n) is 2.94. The minimum absolute atomic E-state index is 0.143. The molecule has 1 N–H and O–H groups in total. The second-order valence-electron chi connectivity index (χ2n) is 4.31. The van der Waals surface area contributed by atoms with Crippen molar-refractivity contribution in [2.45, 2.75) is 19.3 Å². The van der Waals surface area contributed by atoms with Gasteiger partial charge in [-0.3, -0.25) is 4.79 Å². The first kappa shape index (κ1) is 13.0. The quantitative estimate of drug-likeness (QED) is 0.916. The number of carbonyl (C=O) groups is 1. The van der Waals surface area contributed by atoms with Crippen LogP contribution in [0.4, 0.5) is 5.69 Å². The Balaban J connectivity index is 1.82. The highest BCUT2D eigenvalue weighted by Gasteiger charge is 2.17. The SMILES string of the molecule is O=C(CC1CCSCC1)Nc1ccc(Br)cc1. The fraction of sp³-hybridized carbons (Fsp3) is 0.462. The first-order valence-electron chi connectivity index (χ1n) is 5.87. The van der Waals surface area contributed by atoms with E-state index < -0.39 is 0 Å². The monoisotopic (exact) mass is 313 g/mol. The molecule has 92 valence electrons. The Morgan fingerprint density at radius 3 is 2.59 bits per heavy atom. The van der Waals surface area contributed by atoms with E-state index in [0.29, 0.717) is 12.3 Å². The van der Waals surface area contributed by atoms with Gasteiger partial charge < -0.3 is 5.32 Å². The molecule has 2 rings (SSSR count). The molecule has 2 nitrogen and oxygen atoms in total. The predicted octanol–water partition coefficient (Wildman–Crippen LogP) is 3.92. The van der Waals surface area contributed by atoms with Crippen LogP contribution in [0.15, 0.2) is 28.7 Å². The van der Waals surface area contributed by atoms with E-state index in [9.17, 15) is 4.79 Å². The van der Waals surface area contributed by atoms with Crippen molar-refractivity contribution < 1.29 is 4.79 Å². The van der Waals surface area contributed by atoms with Crippen LogP contribution in [0.1, 0.15) is 19.3 Å². The van der Waals surface area contributed by atoms with E-state index in [0.717, 1.165) is 10.2 Å². The van der Waals surface area contributed by atoms with Gasteiger partial charge in [-0.1, -0.05) is 15.9 Å². The number of carbonyl (C=O) groups excluding carboxylic acids is 1. The highest BCUT2D eigenvalue weighted by molar-refractivity contribution is 9.10. The van der Waals surface area contributed by atoms with Gasteiger partial charge in [0.25, 0.3) is 0 Å². The molecule has 1 amide bonds. The maximum Gasteiger partial charge on any atom is 0.224 e. The largest absolute Gasteiger partial charge is 0.326 e. The Morgan fingerprint density at radius 1 is 1.29 bits per heavy atom. The highest BCUT2D eigenvalue weighted by atomic mass is 79.9. The fourth-order valence-corrected chi connectivity index (χ4v) is 3.43. The molecule has 4 heteroatoms. The summed E-state index contributed by atoms with van der Waals surface area (Å²) in [6.07, 6.45) is 3.02. The second kappa shape index (κ2) is 6.45. The van der Waals surface area contributed by atoms with E-state index >= 15 is 0 Å². The van der Waals surface area contributed by atoms with Crippen LogP contribution in [0.25, 0.3) is 0 Å². The van der Waals surface area contributed by atoms with Gasteiger partial charge in [0.05, 0.1) is 0 Å². The lowest BCUT2D eigenvalue weighted by atomic mass is 9.98. The van der Waals surface area contributed by atoms with Crippen molar-refractivity contribution in [3.63, 3.8) is 0 Å². The predicted molar refractivity (Wildman–Crippen MR) is 77.4 cm³/mol. The number of nitrogens with one attached hydrogen (secondary N) is 1. The Morgan fingerprint density at radius 2 is 1.94 bits per heavy atom. The second-order valence-corrected chi connectivity index (χ2v) is 6.46. The first-order valence-corrected chi connectivity index (χ1v) is 7.82. The molecule has 1 aliphatic heterocycles. The molecule has 0 saturated carbocycles. The number of benzene rings is 1. The summed E-state index contributed by atoms with van der Waals surface area (Å²) >= 11 is 5.37. The molecular formula is C13H16BrNOS. The zero-order valence-electron chi connectivity index (χ0n) is 9.62. The molecule has 1 heterocycles. The molecule has 17 heavy (non-hydrogen) atoms. The summed E-state index contributed by atoms with van der Waals surface area (Å²) in [4.78, 5) is 11.8. The van der Waals surface area contributed by atoms with Gasteiger partial charge in [-0.15, -0.1) is 0 Å². The Bertz CT molecular complexity index is 374. The summed E-state index contributed by atoms with van der Waals surface area (Å²) < 4.78 is 1.03. The third kappa shape index (κ3) is 4.36. The van der Waals surface area contributed by atoms with Crippen molar-refractivity contribution in [2.75, 3.05) is 16.8 Å². The van der Waals surface area contributed by atoms with E-state index in [-0.39, 0.29) is 5.91 Å². The van der Waals surface area contributed by atoms with Crippen LogP contribution in [0.2, 0.25) is 0 Å². The van der Waals surface area contributed by atoms with Crippen molar-refractivity contribution in [3.05, 3.63) is 28.7 Å². The average Bonchev–Trinajstić information content (AvgIpc) is 2.33. The normalized spacial score (nSPS) is 16.8. The molecule has 0 bridgehead atoms. The van der Waals surface area contributed by atoms with Gasteiger partial charge in [0, 0.05) is 16.6 Å². The van der Waals surface area contributed by atoms with Crippen LogP contribution in [0.3, 0.4) is 0 Å². The van der Waals surface area contributed by atoms with Gasteiger partial charge in [-0.25, -0.2) is 0 Å². The summed E-state index contributed by atoms with van der Waals surface area (Å²) in [5.41, 5.74) is 0.878. The lowest BCUT2D eigenvalue weighted by Crippen LogP contribution is -2.19. The van der Waals surface area contributed by atoms with Gasteiger partial charge in [-0.05, 0) is 54.5 Å². The summed E-state index contributed by atoms with van der Waals surface area (Å²) in [6, 6.07) is 7.71. The van der Waals surface area contributed by atoms with Crippen molar-refractivity contribution in [1.82, 2.24) is 0 Å². The summed E-state index contributed by atoms with van der Waals surface area (Å²) in [5.74, 6) is 3.13. The summed E-state index contributed by atoms with van der Waals surface area (Å²) in [6.45, 7) is 0. The molecular weight excluding hydrogens is 298 g/mol. The number of hydrogen-bond acceptors (Lipinski definition) is 2. The zero-order valence-corrected chi connectivity index (χ0v) is 12.0. The van der Waals surface area contributed by atoms with Crippen molar-refractivity contribution in [3.8, 4) is 0 Å². The first-order chi connectivity index (χ1) is 8.24. The standard InChI is InChI=1S/C13H16BrNOS/c14-11-1-3-12(4-2-11)15-13(16)9-10-5-7-17-8-6-10/h1-4,10H,5-9H2,(H,15,16). The number of thioether (sulfide) groups is 1. The number of halogens is 1. The molecule has 0 aromatic heterocycles. The number of rotatable bonds is 3. The summed E-state index contributed by atoms with van der Waals surface area (Å²) in [5, 5.41) is 2.95. The van der Waals surface area contributed by atoms with Gasteiger partial charge in [0.1, 0.15) is 0 Å². The maximum atomic E-state index is 11.8. The third-order valence-corrected chi connectivity index (χ3v) is 4.52. The van der Waals surface area contributed by atoms with Crippen molar-refractivity contribution in [2.24, 2.45) is 5.92 Å². The Labute approximate surface area is 115 Å². The fourth-order valence-electron chi connectivity index (χ4n) is 1.96. The Kier molecular flexibility index (Phi) is 4.92. The molecule has 0 atom stereocenters. The molecule has 0 aliphatic carbocycles. The molecule has 1 fully saturated rings. The smallest absolute Gasteiger partial charge is 0.224 e. The summed E-state index contributed by atoms with van der Waals surface area (Å²) in [7, 11) is 0. The molecule has 0 unspecified atom stereocenters. The molecule has 1 aliphatic rings. The van der Waals surface area contributed by atoms with Crippen LogP contribution in [0.5, 0.6) is 0 Å². The van der Waals surface area contributed by atoms with Gasteiger partial charge >= 0.3 is 0 Å². The van der Waals surface area contributed by atoms with E-state index in [1.54, 1.807) is 0 Å². The minimum atomic E-state index is 0.143. The molecule has 0 spiro atoms. The highest BCUT2D eigenvalue weighted by Crippen LogP contribution is 2.25. The van der Waals surface area contributed by atoms with E-state index in [2.05, 4.69) is 21.2 Å². The van der Waals surface area contributed by atoms with Gasteiger partial charge in [0.15, 0.2) is 0 Å². The maximum absolute atomic E-state index is 11.8. The lowest BCUT2D eigenvalue weighted by Gasteiger charge is -2.20. The van der Waals surface area contributed by atoms with Crippen molar-refractivity contribution >= 4 is 39.3 Å². The van der Waals surface area contributed by atoms with Crippen LogP contribution in [-0.2, 0) is 4.79 Å². The van der Waals surface area contributed by atoms with Gasteiger partial charge in [0.2, 0.25) is 5.91 Å². The average molecular weight is 314 g/mol. The van der Waals surface area contributed by atoms with Crippen LogP contribution in [0, 0.1) is 5.92 Å². The lowest BCUT2D eigenvalue weighted by molar-refractivity contribution is -0.117. The number of anilines is 1. The van der Waals surface area contributed by atoms with Crippen molar-refractivity contribution in [1.29, 1.82) is 0 Å². The molecule has 1 aromatic carbocycles.